The van der Waals surface area contributed by atoms with E-state index in [9.17, 15) is 4.79 Å². The number of Topliss-reactive ketones (excluding diaryl/α,β-unsaturated/α-hetero) is 1. The van der Waals surface area contributed by atoms with Crippen LogP contribution < -0.4 is 20.1 Å². The first-order valence-corrected chi connectivity index (χ1v) is 8.34. The number of halogens is 1. The lowest BCUT2D eigenvalue weighted by molar-refractivity contribution is -0.122. The van der Waals surface area contributed by atoms with E-state index in [-0.39, 0.29) is 23.4 Å². The predicted octanol–water partition coefficient (Wildman–Crippen LogP) is 1.99. The molecule has 0 radical (unpaired) electrons. The summed E-state index contributed by atoms with van der Waals surface area (Å²) >= 11 is 6.29. The highest BCUT2D eigenvalue weighted by molar-refractivity contribution is 6.31. The van der Waals surface area contributed by atoms with Crippen molar-refractivity contribution in [2.75, 3.05) is 31.4 Å². The molecule has 0 aliphatic carbocycles. The molecule has 138 valence electrons. The van der Waals surface area contributed by atoms with Crippen molar-refractivity contribution in [1.29, 1.82) is 0 Å². The van der Waals surface area contributed by atoms with Gasteiger partial charge >= 0.3 is 0 Å². The number of aromatic nitrogens is 3. The van der Waals surface area contributed by atoms with Crippen LogP contribution in [0.15, 0.2) is 12.3 Å². The van der Waals surface area contributed by atoms with Crippen molar-refractivity contribution >= 4 is 29.2 Å². The first kappa shape index (κ1) is 18.2. The third-order valence-corrected chi connectivity index (χ3v) is 4.77. The molecule has 2 aromatic heterocycles. The van der Waals surface area contributed by atoms with Crippen LogP contribution in [0.1, 0.15) is 25.1 Å². The van der Waals surface area contributed by atoms with Gasteiger partial charge in [0.2, 0.25) is 5.95 Å². The zero-order valence-electron chi connectivity index (χ0n) is 15.0. The molecular formula is C17H20ClN5O3. The van der Waals surface area contributed by atoms with Crippen molar-refractivity contribution in [2.45, 2.75) is 25.8 Å². The number of nitrogens with two attached hydrogens (primary N) is 1. The standard InChI is InChI=1S/C17H20ClN5O3/c1-17(2)12(24)8-23(15-13(17)14(18)21-16(19)22-15)7-9-5-10(25-3)11(26-4)6-20-9/h5-6H,7-8H2,1-4H3,(H2,19,21,22). The van der Waals surface area contributed by atoms with Gasteiger partial charge in [-0.3, -0.25) is 9.78 Å². The molecule has 0 spiro atoms. The molecule has 26 heavy (non-hydrogen) atoms. The van der Waals surface area contributed by atoms with Gasteiger partial charge in [0.05, 0.1) is 44.6 Å². The fraction of sp³-hybridized carbons (Fsp3) is 0.412. The summed E-state index contributed by atoms with van der Waals surface area (Å²) in [4.78, 5) is 27.2. The van der Waals surface area contributed by atoms with E-state index >= 15 is 0 Å². The van der Waals surface area contributed by atoms with Crippen LogP contribution in [0, 0.1) is 0 Å². The monoisotopic (exact) mass is 377 g/mol. The number of fused-ring (bicyclic) bond motifs is 1. The summed E-state index contributed by atoms with van der Waals surface area (Å²) in [6.07, 6.45) is 1.58. The summed E-state index contributed by atoms with van der Waals surface area (Å²) in [6, 6.07) is 1.76. The fourth-order valence-electron chi connectivity index (χ4n) is 2.98. The molecule has 0 saturated heterocycles. The smallest absolute Gasteiger partial charge is 0.223 e. The van der Waals surface area contributed by atoms with E-state index in [0.717, 1.165) is 0 Å². The van der Waals surface area contributed by atoms with Gasteiger partial charge in [-0.05, 0) is 13.8 Å². The number of methoxy groups -OCH3 is 2. The van der Waals surface area contributed by atoms with E-state index < -0.39 is 5.41 Å². The number of ether oxygens (including phenoxy) is 2. The van der Waals surface area contributed by atoms with Gasteiger partial charge in [-0.2, -0.15) is 4.98 Å². The number of nitrogen functional groups attached to an aromatic ring is 1. The second-order valence-corrected chi connectivity index (χ2v) is 6.86. The lowest BCUT2D eigenvalue weighted by Gasteiger charge is -2.37. The molecule has 1 aliphatic heterocycles. The minimum atomic E-state index is -0.790. The zero-order valence-corrected chi connectivity index (χ0v) is 15.8. The molecule has 3 rings (SSSR count). The number of hydrogen-bond acceptors (Lipinski definition) is 8. The lowest BCUT2D eigenvalue weighted by Crippen LogP contribution is -2.46. The maximum Gasteiger partial charge on any atom is 0.223 e. The summed E-state index contributed by atoms with van der Waals surface area (Å²) in [7, 11) is 3.10. The van der Waals surface area contributed by atoms with Crippen LogP contribution in [0.4, 0.5) is 11.8 Å². The van der Waals surface area contributed by atoms with Crippen LogP contribution in [0.25, 0.3) is 0 Å². The number of ketones is 1. The van der Waals surface area contributed by atoms with Crippen molar-refractivity contribution < 1.29 is 14.3 Å². The Hall–Kier alpha value is -2.61. The number of pyridine rings is 1. The van der Waals surface area contributed by atoms with Crippen molar-refractivity contribution in [3.05, 3.63) is 28.7 Å². The molecule has 0 bridgehead atoms. The Bertz CT molecular complexity index is 872. The highest BCUT2D eigenvalue weighted by Gasteiger charge is 2.42. The van der Waals surface area contributed by atoms with Gasteiger partial charge in [-0.15, -0.1) is 0 Å². The van der Waals surface area contributed by atoms with E-state index in [1.165, 1.54) is 0 Å². The molecular weight excluding hydrogens is 358 g/mol. The van der Waals surface area contributed by atoms with Gasteiger partial charge in [-0.25, -0.2) is 4.98 Å². The van der Waals surface area contributed by atoms with E-state index in [4.69, 9.17) is 26.8 Å². The lowest BCUT2D eigenvalue weighted by atomic mass is 9.78. The van der Waals surface area contributed by atoms with E-state index in [1.54, 1.807) is 31.4 Å². The van der Waals surface area contributed by atoms with Gasteiger partial charge in [0, 0.05) is 11.6 Å². The molecule has 2 aromatic rings. The van der Waals surface area contributed by atoms with E-state index in [2.05, 4.69) is 15.0 Å². The Labute approximate surface area is 156 Å². The summed E-state index contributed by atoms with van der Waals surface area (Å²) in [5.74, 6) is 1.71. The number of anilines is 2. The molecule has 2 N–H and O–H groups in total. The summed E-state index contributed by atoms with van der Waals surface area (Å²) in [5, 5.41) is 0.191. The van der Waals surface area contributed by atoms with E-state index in [0.29, 0.717) is 35.1 Å². The van der Waals surface area contributed by atoms with Crippen LogP contribution in [0.3, 0.4) is 0 Å². The van der Waals surface area contributed by atoms with Crippen molar-refractivity contribution in [1.82, 2.24) is 15.0 Å². The minimum absolute atomic E-state index is 0.0146. The molecule has 0 amide bonds. The predicted molar refractivity (Wildman–Crippen MR) is 97.9 cm³/mol. The quantitative estimate of drug-likeness (QED) is 0.807. The molecule has 3 heterocycles. The molecule has 8 nitrogen and oxygen atoms in total. The van der Waals surface area contributed by atoms with Crippen LogP contribution >= 0.6 is 11.6 Å². The summed E-state index contributed by atoms with van der Waals surface area (Å²) in [5.41, 5.74) is 6.25. The van der Waals surface area contributed by atoms with Gasteiger partial charge in [-0.1, -0.05) is 11.6 Å². The summed E-state index contributed by atoms with van der Waals surface area (Å²) in [6.45, 7) is 4.13. The maximum absolute atomic E-state index is 12.7. The average molecular weight is 378 g/mol. The molecule has 0 fully saturated rings. The third-order valence-electron chi connectivity index (χ3n) is 4.50. The molecule has 0 aromatic carbocycles. The Balaban J connectivity index is 2.03. The van der Waals surface area contributed by atoms with Crippen molar-refractivity contribution in [3.63, 3.8) is 0 Å². The van der Waals surface area contributed by atoms with Crippen molar-refractivity contribution in [2.24, 2.45) is 0 Å². The number of hydrogen-bond donors (Lipinski definition) is 1. The van der Waals surface area contributed by atoms with Crippen LogP contribution in [-0.4, -0.2) is 41.5 Å². The normalized spacial score (nSPS) is 15.6. The highest BCUT2D eigenvalue weighted by atomic mass is 35.5. The average Bonchev–Trinajstić information content (AvgIpc) is 2.58. The van der Waals surface area contributed by atoms with Crippen LogP contribution in [-0.2, 0) is 16.8 Å². The van der Waals surface area contributed by atoms with Gasteiger partial charge in [0.15, 0.2) is 17.3 Å². The molecule has 0 unspecified atom stereocenters. The number of rotatable bonds is 4. The maximum atomic E-state index is 12.7. The fourth-order valence-corrected chi connectivity index (χ4v) is 3.39. The Morgan fingerprint density at radius 3 is 2.62 bits per heavy atom. The molecule has 1 aliphatic rings. The van der Waals surface area contributed by atoms with Crippen molar-refractivity contribution in [3.8, 4) is 11.5 Å². The largest absolute Gasteiger partial charge is 0.493 e. The Morgan fingerprint density at radius 2 is 1.96 bits per heavy atom. The third kappa shape index (κ3) is 3.01. The Kier molecular flexibility index (Phi) is 4.62. The molecule has 0 saturated carbocycles. The SMILES string of the molecule is COc1cnc(CN2CC(=O)C(C)(C)c3c(Cl)nc(N)nc32)cc1OC. The molecule has 0 atom stereocenters. The van der Waals surface area contributed by atoms with Gasteiger partial charge < -0.3 is 20.1 Å². The molecule has 9 heteroatoms. The second kappa shape index (κ2) is 6.60. The topological polar surface area (TPSA) is 103 Å². The summed E-state index contributed by atoms with van der Waals surface area (Å²) < 4.78 is 10.5. The number of nitrogens with zero attached hydrogens (tertiary/aromatic N) is 4. The zero-order chi connectivity index (χ0) is 19.1. The van der Waals surface area contributed by atoms with E-state index in [1.807, 2.05) is 13.8 Å². The first-order valence-electron chi connectivity index (χ1n) is 7.96. The van der Waals surface area contributed by atoms with Crippen LogP contribution in [0.2, 0.25) is 5.15 Å². The Morgan fingerprint density at radius 1 is 1.27 bits per heavy atom. The van der Waals surface area contributed by atoms with Gasteiger partial charge in [0.25, 0.3) is 0 Å². The minimum Gasteiger partial charge on any atom is -0.493 e. The number of carbonyl (C=O) groups is 1. The second-order valence-electron chi connectivity index (χ2n) is 6.51. The van der Waals surface area contributed by atoms with Gasteiger partial charge in [0.1, 0.15) is 11.0 Å². The van der Waals surface area contributed by atoms with Crippen LogP contribution in [0.5, 0.6) is 11.5 Å². The first-order chi connectivity index (χ1) is 12.3. The number of carbonyl (C=O) groups excluding carboxylic acids is 1. The highest BCUT2D eigenvalue weighted by Crippen LogP contribution is 2.41.